The number of aromatic nitrogens is 5. The predicted molar refractivity (Wildman–Crippen MR) is 118 cm³/mol. The van der Waals surface area contributed by atoms with E-state index in [0.717, 1.165) is 4.57 Å². The van der Waals surface area contributed by atoms with Crippen LogP contribution < -0.4 is 21.3 Å². The second-order valence-corrected chi connectivity index (χ2v) is 7.76. The summed E-state index contributed by atoms with van der Waals surface area (Å²) < 4.78 is 22.8. The number of hydrogen-bond donors (Lipinski definition) is 1. The number of carbonyl (C=O) groups excluding carboxylic acids is 1. The summed E-state index contributed by atoms with van der Waals surface area (Å²) in [6.07, 6.45) is 1.37. The summed E-state index contributed by atoms with van der Waals surface area (Å²) in [4.78, 5) is 41.4. The maximum absolute atomic E-state index is 14.1. The number of aryl methyl sites for hydroxylation is 1. The number of amides is 1. The minimum absolute atomic E-state index is 0.148. The first-order valence-corrected chi connectivity index (χ1v) is 10.5. The van der Waals surface area contributed by atoms with Crippen LogP contribution in [0.4, 0.5) is 9.52 Å². The number of nitrogens with zero attached hydrogens (tertiary/aromatic N) is 5. The quantitative estimate of drug-likeness (QED) is 0.471. The van der Waals surface area contributed by atoms with Crippen LogP contribution >= 0.6 is 11.3 Å². The second kappa shape index (κ2) is 8.38. The first-order valence-electron chi connectivity index (χ1n) is 9.59. The highest BCUT2D eigenvalue weighted by atomic mass is 32.1. The van der Waals surface area contributed by atoms with Crippen LogP contribution in [0.2, 0.25) is 0 Å². The number of hydrogen-bond acceptors (Lipinski definition) is 7. The van der Waals surface area contributed by atoms with Gasteiger partial charge in [-0.25, -0.2) is 18.9 Å². The number of anilines is 1. The van der Waals surface area contributed by atoms with E-state index in [2.05, 4.69) is 15.4 Å². The van der Waals surface area contributed by atoms with E-state index < -0.39 is 23.0 Å². The summed E-state index contributed by atoms with van der Waals surface area (Å²) in [7, 11) is 2.89. The molecule has 1 amide bonds. The predicted octanol–water partition coefficient (Wildman–Crippen LogP) is 1.73. The van der Waals surface area contributed by atoms with Crippen LogP contribution in [-0.2, 0) is 25.4 Å². The lowest BCUT2D eigenvalue weighted by molar-refractivity contribution is -0.116. The normalized spacial score (nSPS) is 11.1. The maximum Gasteiger partial charge on any atom is 0.331 e. The van der Waals surface area contributed by atoms with Crippen LogP contribution in [0, 0.1) is 5.82 Å². The zero-order valence-corrected chi connectivity index (χ0v) is 18.3. The van der Waals surface area contributed by atoms with Gasteiger partial charge < -0.3 is 10.1 Å². The van der Waals surface area contributed by atoms with Gasteiger partial charge in [-0.2, -0.15) is 5.10 Å². The van der Waals surface area contributed by atoms with E-state index in [0.29, 0.717) is 28.5 Å². The van der Waals surface area contributed by atoms with Crippen molar-refractivity contribution in [3.05, 3.63) is 56.4 Å². The molecule has 0 aliphatic rings. The minimum atomic E-state index is -0.539. The Labute approximate surface area is 184 Å². The summed E-state index contributed by atoms with van der Waals surface area (Å²) in [5, 5.41) is 8.74. The lowest BCUT2D eigenvalue weighted by Gasteiger charge is -2.06. The molecule has 0 bridgehead atoms. The van der Waals surface area contributed by atoms with E-state index in [1.165, 1.54) is 53.0 Å². The third-order valence-electron chi connectivity index (χ3n) is 4.83. The van der Waals surface area contributed by atoms with Gasteiger partial charge in [-0.1, -0.05) is 0 Å². The van der Waals surface area contributed by atoms with Gasteiger partial charge in [0.25, 0.3) is 5.56 Å². The van der Waals surface area contributed by atoms with E-state index in [9.17, 15) is 18.8 Å². The number of carbonyl (C=O) groups is 1. The molecule has 0 unspecified atom stereocenters. The largest absolute Gasteiger partial charge is 0.491 e. The monoisotopic (exact) mass is 458 g/mol. The lowest BCUT2D eigenvalue weighted by Crippen LogP contribution is -2.37. The van der Waals surface area contributed by atoms with Crippen molar-refractivity contribution < 1.29 is 13.9 Å². The van der Waals surface area contributed by atoms with Crippen molar-refractivity contribution in [2.75, 3.05) is 11.9 Å². The van der Waals surface area contributed by atoms with Gasteiger partial charge in [0.05, 0.1) is 24.0 Å². The highest BCUT2D eigenvalue weighted by Gasteiger charge is 2.17. The lowest BCUT2D eigenvalue weighted by atomic mass is 10.1. The van der Waals surface area contributed by atoms with E-state index >= 15 is 0 Å². The Morgan fingerprint density at radius 3 is 2.75 bits per heavy atom. The zero-order valence-electron chi connectivity index (χ0n) is 17.5. The Kier molecular flexibility index (Phi) is 5.61. The fraction of sp³-hybridized carbons (Fsp3) is 0.250. The van der Waals surface area contributed by atoms with Gasteiger partial charge in [0.2, 0.25) is 5.91 Å². The minimum Gasteiger partial charge on any atom is -0.491 e. The van der Waals surface area contributed by atoms with E-state index in [1.807, 2.05) is 0 Å². The van der Waals surface area contributed by atoms with Crippen molar-refractivity contribution in [3.63, 3.8) is 0 Å². The van der Waals surface area contributed by atoms with Gasteiger partial charge in [-0.15, -0.1) is 11.3 Å². The highest BCUT2D eigenvalue weighted by molar-refractivity contribution is 7.14. The van der Waals surface area contributed by atoms with E-state index in [4.69, 9.17) is 4.74 Å². The Morgan fingerprint density at radius 1 is 1.25 bits per heavy atom. The van der Waals surface area contributed by atoms with E-state index in [1.54, 1.807) is 18.4 Å². The second-order valence-electron chi connectivity index (χ2n) is 6.91. The van der Waals surface area contributed by atoms with Gasteiger partial charge in [-0.05, 0) is 25.1 Å². The first-order chi connectivity index (χ1) is 15.3. The molecule has 3 heterocycles. The molecule has 1 aromatic carbocycles. The smallest absolute Gasteiger partial charge is 0.331 e. The molecular weight excluding hydrogens is 439 g/mol. The molecule has 0 radical (unpaired) electrons. The number of rotatable bonds is 6. The van der Waals surface area contributed by atoms with Crippen molar-refractivity contribution in [2.24, 2.45) is 14.1 Å². The van der Waals surface area contributed by atoms with Crippen molar-refractivity contribution in [2.45, 2.75) is 13.5 Å². The van der Waals surface area contributed by atoms with Gasteiger partial charge in [-0.3, -0.25) is 18.7 Å². The fourth-order valence-corrected chi connectivity index (χ4v) is 3.96. The highest BCUT2D eigenvalue weighted by Crippen LogP contribution is 2.28. The van der Waals surface area contributed by atoms with Gasteiger partial charge in [0.15, 0.2) is 22.2 Å². The molecule has 3 aromatic heterocycles. The Morgan fingerprint density at radius 2 is 2.03 bits per heavy atom. The number of halogens is 1. The van der Waals surface area contributed by atoms with Crippen molar-refractivity contribution in [3.8, 4) is 17.0 Å². The molecule has 166 valence electrons. The fourth-order valence-electron chi connectivity index (χ4n) is 3.23. The summed E-state index contributed by atoms with van der Waals surface area (Å²) in [6, 6.07) is 4.54. The van der Waals surface area contributed by atoms with Gasteiger partial charge in [0, 0.05) is 25.0 Å². The number of thiazole rings is 1. The van der Waals surface area contributed by atoms with Gasteiger partial charge in [0.1, 0.15) is 6.54 Å². The molecule has 0 aliphatic carbocycles. The van der Waals surface area contributed by atoms with Crippen molar-refractivity contribution in [1.82, 2.24) is 23.9 Å². The zero-order chi connectivity index (χ0) is 23.0. The van der Waals surface area contributed by atoms with Crippen LogP contribution in [0.15, 0.2) is 39.4 Å². The number of ether oxygens (including phenoxy) is 1. The molecule has 1 N–H and O–H groups in total. The summed E-state index contributed by atoms with van der Waals surface area (Å²) in [6.45, 7) is 1.88. The first kappa shape index (κ1) is 21.4. The Bertz CT molecular complexity index is 1450. The van der Waals surface area contributed by atoms with E-state index in [-0.39, 0.29) is 17.8 Å². The molecule has 0 spiro atoms. The van der Waals surface area contributed by atoms with Gasteiger partial charge >= 0.3 is 5.69 Å². The van der Waals surface area contributed by atoms with Crippen LogP contribution in [0.25, 0.3) is 22.3 Å². The molecule has 12 heteroatoms. The molecule has 0 saturated heterocycles. The van der Waals surface area contributed by atoms with Crippen LogP contribution in [0.3, 0.4) is 0 Å². The SMILES string of the molecule is CCOc1ccc(-c2csc(NC(=O)Cn3ncc4c3c(=O)n(C)c(=O)n4C)n2)cc1F. The third-order valence-corrected chi connectivity index (χ3v) is 5.59. The molecule has 0 saturated carbocycles. The maximum atomic E-state index is 14.1. The van der Waals surface area contributed by atoms with Crippen LogP contribution in [0.5, 0.6) is 5.75 Å². The molecule has 0 fully saturated rings. The average Bonchev–Trinajstić information content (AvgIpc) is 3.39. The van der Waals surface area contributed by atoms with Crippen molar-refractivity contribution in [1.29, 1.82) is 0 Å². The molecular formula is C20H19FN6O4S. The molecule has 4 aromatic rings. The van der Waals surface area contributed by atoms with Crippen LogP contribution in [-0.4, -0.2) is 36.4 Å². The topological polar surface area (TPSA) is 113 Å². The summed E-state index contributed by atoms with van der Waals surface area (Å²) in [5.74, 6) is -0.788. The molecule has 0 aliphatic heterocycles. The number of nitrogens with one attached hydrogen (secondary N) is 1. The summed E-state index contributed by atoms with van der Waals surface area (Å²) in [5.41, 5.74) is 0.509. The third kappa shape index (κ3) is 3.80. The molecule has 10 nitrogen and oxygen atoms in total. The summed E-state index contributed by atoms with van der Waals surface area (Å²) >= 11 is 1.18. The molecule has 4 rings (SSSR count). The Hall–Kier alpha value is -3.80. The van der Waals surface area contributed by atoms with Crippen LogP contribution in [0.1, 0.15) is 6.92 Å². The average molecular weight is 458 g/mol. The Balaban J connectivity index is 1.53. The number of benzene rings is 1. The number of fused-ring (bicyclic) bond motifs is 1. The standard InChI is InChI=1S/C20H19FN6O4S/c1-4-31-15-6-5-11(7-12(15)21)13-10-32-19(23-13)24-16(28)9-27-17-14(8-22-27)25(2)20(30)26(3)18(17)29/h5-8,10H,4,9H2,1-3H3,(H,23,24,28). The molecule has 32 heavy (non-hydrogen) atoms. The van der Waals surface area contributed by atoms with Crippen molar-refractivity contribution >= 4 is 33.4 Å². The molecule has 0 atom stereocenters.